The van der Waals surface area contributed by atoms with E-state index in [0.29, 0.717) is 5.82 Å². The van der Waals surface area contributed by atoms with Crippen molar-refractivity contribution in [2.24, 2.45) is 0 Å². The van der Waals surface area contributed by atoms with Gasteiger partial charge in [-0.1, -0.05) is 176 Å². The monoisotopic (exact) mass is 765 g/mol. The molecule has 0 bridgehead atoms. The number of nitrogens with zero attached hydrogens (tertiary/aromatic N) is 3. The molecular weight excluding hydrogens is 731 g/mol. The number of hydrogen-bond acceptors (Lipinski definition) is 4. The van der Waals surface area contributed by atoms with Crippen molar-refractivity contribution >= 4 is 10.8 Å². The molecule has 2 aromatic heterocycles. The van der Waals surface area contributed by atoms with Crippen molar-refractivity contribution in [2.45, 2.75) is 5.41 Å². The fourth-order valence-electron chi connectivity index (χ4n) is 9.63. The van der Waals surface area contributed by atoms with Gasteiger partial charge in [-0.15, -0.1) is 0 Å². The van der Waals surface area contributed by atoms with E-state index in [1.807, 2.05) is 36.7 Å². The predicted octanol–water partition coefficient (Wildman–Crippen LogP) is 13.8. The van der Waals surface area contributed by atoms with Gasteiger partial charge in [-0.05, 0) is 74.2 Å². The number of benzene rings is 8. The summed E-state index contributed by atoms with van der Waals surface area (Å²) in [5.41, 5.74) is 15.7. The molecule has 1 spiro atoms. The summed E-state index contributed by atoms with van der Waals surface area (Å²) in [5, 5.41) is 2.26. The highest BCUT2D eigenvalue weighted by Gasteiger charge is 2.51. The summed E-state index contributed by atoms with van der Waals surface area (Å²) in [4.78, 5) is 14.8. The Kier molecular flexibility index (Phi) is 7.72. The Morgan fingerprint density at radius 1 is 0.367 bits per heavy atom. The van der Waals surface area contributed by atoms with E-state index in [4.69, 9.17) is 14.7 Å². The van der Waals surface area contributed by atoms with Gasteiger partial charge in [-0.2, -0.15) is 0 Å². The molecule has 0 unspecified atom stereocenters. The van der Waals surface area contributed by atoms with Crippen LogP contribution in [-0.2, 0) is 5.41 Å². The molecule has 1 aliphatic carbocycles. The number of fused-ring (bicyclic) bond motifs is 10. The smallest absolute Gasteiger partial charge is 0.160 e. The summed E-state index contributed by atoms with van der Waals surface area (Å²) in [7, 11) is 0. The zero-order valence-corrected chi connectivity index (χ0v) is 32.5. The van der Waals surface area contributed by atoms with Gasteiger partial charge in [0.2, 0.25) is 0 Å². The lowest BCUT2D eigenvalue weighted by atomic mass is 9.65. The lowest BCUT2D eigenvalue weighted by molar-refractivity contribution is 0.437. The largest absolute Gasteiger partial charge is 0.457 e. The summed E-state index contributed by atoms with van der Waals surface area (Å²) in [6, 6.07) is 70.9. The van der Waals surface area contributed by atoms with E-state index in [1.54, 1.807) is 0 Å². The van der Waals surface area contributed by atoms with Gasteiger partial charge < -0.3 is 4.74 Å². The molecule has 0 atom stereocenters. The average molecular weight is 766 g/mol. The highest BCUT2D eigenvalue weighted by Crippen LogP contribution is 2.62. The molecule has 4 nitrogen and oxygen atoms in total. The molecule has 8 aromatic carbocycles. The first-order valence-corrected chi connectivity index (χ1v) is 20.3. The van der Waals surface area contributed by atoms with Crippen LogP contribution in [0.3, 0.4) is 0 Å². The maximum atomic E-state index is 7.19. The van der Waals surface area contributed by atoms with Crippen molar-refractivity contribution in [1.82, 2.24) is 15.0 Å². The van der Waals surface area contributed by atoms with Crippen molar-refractivity contribution in [1.29, 1.82) is 0 Å². The molecule has 2 aliphatic rings. The van der Waals surface area contributed by atoms with Crippen LogP contribution in [0.15, 0.2) is 213 Å². The van der Waals surface area contributed by atoms with Crippen molar-refractivity contribution in [2.75, 3.05) is 0 Å². The third kappa shape index (κ3) is 5.21. The molecule has 3 heterocycles. The molecule has 1 aliphatic heterocycles. The van der Waals surface area contributed by atoms with Crippen LogP contribution in [0.5, 0.6) is 11.5 Å². The van der Waals surface area contributed by atoms with Crippen LogP contribution in [0.25, 0.3) is 78.1 Å². The van der Waals surface area contributed by atoms with Crippen LogP contribution in [0.2, 0.25) is 0 Å². The number of hydrogen-bond donors (Lipinski definition) is 0. The maximum absolute atomic E-state index is 7.19. The third-order valence-electron chi connectivity index (χ3n) is 12.3. The third-order valence-corrected chi connectivity index (χ3v) is 12.3. The van der Waals surface area contributed by atoms with E-state index in [1.165, 1.54) is 22.3 Å². The Labute approximate surface area is 348 Å². The van der Waals surface area contributed by atoms with E-state index in [0.717, 1.165) is 83.7 Å². The van der Waals surface area contributed by atoms with E-state index in [-0.39, 0.29) is 0 Å². The Bertz CT molecular complexity index is 3190. The van der Waals surface area contributed by atoms with Crippen LogP contribution in [0.4, 0.5) is 0 Å². The lowest BCUT2D eigenvalue weighted by Crippen LogP contribution is -2.32. The van der Waals surface area contributed by atoms with Crippen molar-refractivity contribution < 1.29 is 4.74 Å². The molecule has 0 saturated heterocycles. The molecule has 12 rings (SSSR count). The minimum atomic E-state index is -0.588. The second kappa shape index (κ2) is 13.6. The SMILES string of the molecule is c1ccc(-c2cc(-c3ccccc3-c3ccc4c(c3)Oc3cc(-c5cccc6ccncc56)ccc3C43c4ccccc4-c4ccccc43)nc(-c3ccccc3)n2)cc1. The highest BCUT2D eigenvalue weighted by atomic mass is 16.5. The second-order valence-corrected chi connectivity index (χ2v) is 15.5. The van der Waals surface area contributed by atoms with Gasteiger partial charge in [-0.3, -0.25) is 4.98 Å². The Balaban J connectivity index is 1.07. The first kappa shape index (κ1) is 34.1. The van der Waals surface area contributed by atoms with Crippen LogP contribution < -0.4 is 4.74 Å². The average Bonchev–Trinajstić information content (AvgIpc) is 3.62. The van der Waals surface area contributed by atoms with Gasteiger partial charge in [0.1, 0.15) is 11.5 Å². The van der Waals surface area contributed by atoms with Crippen LogP contribution >= 0.6 is 0 Å². The molecular formula is C56H35N3O. The predicted molar refractivity (Wildman–Crippen MR) is 242 cm³/mol. The second-order valence-electron chi connectivity index (χ2n) is 15.5. The minimum Gasteiger partial charge on any atom is -0.457 e. The Hall–Kier alpha value is -7.95. The fourth-order valence-corrected chi connectivity index (χ4v) is 9.63. The maximum Gasteiger partial charge on any atom is 0.160 e. The van der Waals surface area contributed by atoms with Crippen molar-refractivity contribution in [3.63, 3.8) is 0 Å². The summed E-state index contributed by atoms with van der Waals surface area (Å²) in [6.07, 6.45) is 3.81. The van der Waals surface area contributed by atoms with Crippen molar-refractivity contribution in [3.05, 3.63) is 235 Å². The van der Waals surface area contributed by atoms with Gasteiger partial charge in [-0.25, -0.2) is 9.97 Å². The molecule has 0 fully saturated rings. The Morgan fingerprint density at radius 3 is 1.60 bits per heavy atom. The molecule has 0 amide bonds. The van der Waals surface area contributed by atoms with E-state index in [9.17, 15) is 0 Å². The first-order chi connectivity index (χ1) is 29.7. The van der Waals surface area contributed by atoms with E-state index in [2.05, 4.69) is 181 Å². The van der Waals surface area contributed by atoms with Crippen molar-refractivity contribution in [3.8, 4) is 78.8 Å². The quantitative estimate of drug-likeness (QED) is 0.175. The number of ether oxygens (including phenoxy) is 1. The zero-order chi connectivity index (χ0) is 39.6. The topological polar surface area (TPSA) is 47.9 Å². The zero-order valence-electron chi connectivity index (χ0n) is 32.5. The van der Waals surface area contributed by atoms with Crippen LogP contribution in [0, 0.1) is 0 Å². The first-order valence-electron chi connectivity index (χ1n) is 20.3. The Morgan fingerprint density at radius 2 is 0.917 bits per heavy atom. The fraction of sp³-hybridized carbons (Fsp3) is 0.0179. The van der Waals surface area contributed by atoms with Crippen LogP contribution in [0.1, 0.15) is 22.3 Å². The molecule has 0 radical (unpaired) electrons. The minimum absolute atomic E-state index is 0.588. The van der Waals surface area contributed by atoms with Gasteiger partial charge in [0.15, 0.2) is 5.82 Å². The van der Waals surface area contributed by atoms with E-state index < -0.39 is 5.41 Å². The molecule has 10 aromatic rings. The van der Waals surface area contributed by atoms with E-state index >= 15 is 0 Å². The summed E-state index contributed by atoms with van der Waals surface area (Å²) in [5.74, 6) is 2.36. The molecule has 280 valence electrons. The normalized spacial score (nSPS) is 12.9. The van der Waals surface area contributed by atoms with Gasteiger partial charge >= 0.3 is 0 Å². The molecule has 4 heteroatoms. The molecule has 60 heavy (non-hydrogen) atoms. The van der Waals surface area contributed by atoms with Crippen LogP contribution in [-0.4, -0.2) is 15.0 Å². The molecule has 0 saturated carbocycles. The number of rotatable bonds is 5. The van der Waals surface area contributed by atoms with Gasteiger partial charge in [0.25, 0.3) is 0 Å². The van der Waals surface area contributed by atoms with Gasteiger partial charge in [0.05, 0.1) is 16.8 Å². The highest BCUT2D eigenvalue weighted by molar-refractivity contribution is 5.97. The summed E-state index contributed by atoms with van der Waals surface area (Å²) in [6.45, 7) is 0. The summed E-state index contributed by atoms with van der Waals surface area (Å²) >= 11 is 0. The number of aromatic nitrogens is 3. The van der Waals surface area contributed by atoms with Gasteiger partial charge in [0, 0.05) is 45.6 Å². The molecule has 0 N–H and O–H groups in total. The standard InChI is InChI=1S/C56H35N3O/c1-3-14-37(15-4-1)51-34-52(59-55(58-51)38-16-5-2-6-17-38)45-22-8-7-19-41(45)39-26-28-49-53(32-39)60-54-33-40(42-23-13-18-36-30-31-57-35-46(36)42)27-29-50(54)56(49)47-24-11-9-20-43(47)44-21-10-12-25-48(44)56/h1-35H. The lowest BCUT2D eigenvalue weighted by Gasteiger charge is -2.39. The number of pyridine rings is 1. The summed E-state index contributed by atoms with van der Waals surface area (Å²) < 4.78 is 7.19.